The van der Waals surface area contributed by atoms with Gasteiger partial charge in [0, 0.05) is 31.5 Å². The number of nitrogens with one attached hydrogen (secondary N) is 1. The SMILES string of the molecule is O=C(C(O)CO)N1CCCC(Nc2ccnc(-c3cnc4ccc(F)cn34)n2)C1. The first-order valence-corrected chi connectivity index (χ1v) is 9.35. The summed E-state index contributed by atoms with van der Waals surface area (Å²) in [6.45, 7) is 0.342. The molecule has 0 bridgehead atoms. The third-order valence-corrected chi connectivity index (χ3v) is 4.90. The molecule has 1 saturated heterocycles. The van der Waals surface area contributed by atoms with E-state index in [1.807, 2.05) is 0 Å². The first kappa shape index (κ1) is 19.2. The van der Waals surface area contributed by atoms with Crippen molar-refractivity contribution in [2.75, 3.05) is 25.0 Å². The number of nitrogens with zero attached hydrogens (tertiary/aromatic N) is 5. The molecule has 3 aromatic heterocycles. The number of piperidine rings is 1. The van der Waals surface area contributed by atoms with Crippen molar-refractivity contribution in [1.29, 1.82) is 0 Å². The standard InChI is InChI=1S/C19H21FN6O3/c20-12-3-4-17-22-8-14(26(17)9-12)18-21-6-5-16(24-18)23-13-2-1-7-25(10-13)19(29)15(28)11-27/h3-6,8-9,13,15,27-28H,1-2,7,10-11H2,(H,21,23,24). The summed E-state index contributed by atoms with van der Waals surface area (Å²) < 4.78 is 15.2. The Morgan fingerprint density at radius 1 is 1.34 bits per heavy atom. The van der Waals surface area contributed by atoms with E-state index < -0.39 is 18.6 Å². The molecule has 1 fully saturated rings. The maximum absolute atomic E-state index is 13.6. The van der Waals surface area contributed by atoms with E-state index >= 15 is 0 Å². The van der Waals surface area contributed by atoms with Gasteiger partial charge in [-0.15, -0.1) is 0 Å². The number of anilines is 1. The quantitative estimate of drug-likeness (QED) is 0.577. The van der Waals surface area contributed by atoms with Crippen molar-refractivity contribution in [1.82, 2.24) is 24.3 Å². The molecule has 0 aromatic carbocycles. The Hall–Kier alpha value is -3.11. The van der Waals surface area contributed by atoms with Gasteiger partial charge in [0.15, 0.2) is 11.9 Å². The summed E-state index contributed by atoms with van der Waals surface area (Å²) in [6.07, 6.45) is 4.73. The van der Waals surface area contributed by atoms with Gasteiger partial charge in [-0.3, -0.25) is 9.20 Å². The number of pyridine rings is 1. The highest BCUT2D eigenvalue weighted by atomic mass is 19.1. The third kappa shape index (κ3) is 4.03. The van der Waals surface area contributed by atoms with Gasteiger partial charge in [-0.1, -0.05) is 0 Å². The molecule has 2 atom stereocenters. The van der Waals surface area contributed by atoms with E-state index in [4.69, 9.17) is 5.11 Å². The number of halogens is 1. The third-order valence-electron chi connectivity index (χ3n) is 4.90. The van der Waals surface area contributed by atoms with Crippen LogP contribution >= 0.6 is 0 Å². The van der Waals surface area contributed by atoms with Gasteiger partial charge in [0.2, 0.25) is 0 Å². The second-order valence-electron chi connectivity index (χ2n) is 6.95. The summed E-state index contributed by atoms with van der Waals surface area (Å²) in [4.78, 5) is 26.7. The average molecular weight is 400 g/mol. The zero-order chi connectivity index (χ0) is 20.4. The number of aliphatic hydroxyl groups is 2. The van der Waals surface area contributed by atoms with E-state index in [0.717, 1.165) is 12.8 Å². The van der Waals surface area contributed by atoms with Crippen molar-refractivity contribution >= 4 is 17.4 Å². The van der Waals surface area contributed by atoms with Gasteiger partial charge in [-0.2, -0.15) is 0 Å². The molecule has 0 spiro atoms. The highest BCUT2D eigenvalue weighted by molar-refractivity contribution is 5.81. The molecule has 4 rings (SSSR count). The van der Waals surface area contributed by atoms with Crippen molar-refractivity contribution in [2.24, 2.45) is 0 Å². The van der Waals surface area contributed by atoms with Crippen LogP contribution in [0.25, 0.3) is 17.2 Å². The van der Waals surface area contributed by atoms with Gasteiger partial charge < -0.3 is 20.4 Å². The molecule has 9 nitrogen and oxygen atoms in total. The van der Waals surface area contributed by atoms with Crippen molar-refractivity contribution in [2.45, 2.75) is 25.0 Å². The van der Waals surface area contributed by atoms with Crippen LogP contribution in [0.2, 0.25) is 0 Å². The lowest BCUT2D eigenvalue weighted by Gasteiger charge is -2.34. The Morgan fingerprint density at radius 3 is 3.03 bits per heavy atom. The summed E-state index contributed by atoms with van der Waals surface area (Å²) in [6, 6.07) is 4.59. The van der Waals surface area contributed by atoms with E-state index in [1.165, 1.54) is 17.2 Å². The first-order valence-electron chi connectivity index (χ1n) is 9.35. The molecule has 3 N–H and O–H groups in total. The molecule has 0 saturated carbocycles. The molecule has 152 valence electrons. The Kier molecular flexibility index (Phi) is 5.36. The molecule has 0 radical (unpaired) electrons. The number of hydrogen-bond acceptors (Lipinski definition) is 7. The zero-order valence-corrected chi connectivity index (χ0v) is 15.6. The maximum Gasteiger partial charge on any atom is 0.253 e. The van der Waals surface area contributed by atoms with Gasteiger partial charge >= 0.3 is 0 Å². The van der Waals surface area contributed by atoms with E-state index in [9.17, 15) is 14.3 Å². The molecule has 4 heterocycles. The molecular weight excluding hydrogens is 379 g/mol. The molecule has 1 aliphatic heterocycles. The second kappa shape index (κ2) is 8.10. The maximum atomic E-state index is 13.6. The van der Waals surface area contributed by atoms with Crippen molar-refractivity contribution in [3.05, 3.63) is 42.6 Å². The number of carbonyl (C=O) groups is 1. The van der Waals surface area contributed by atoms with Gasteiger partial charge in [0.25, 0.3) is 5.91 Å². The summed E-state index contributed by atoms with van der Waals surface area (Å²) >= 11 is 0. The minimum atomic E-state index is -1.39. The van der Waals surface area contributed by atoms with Crippen LogP contribution in [-0.2, 0) is 4.79 Å². The number of aliphatic hydroxyl groups excluding tert-OH is 2. The van der Waals surface area contributed by atoms with Crippen LogP contribution in [0.3, 0.4) is 0 Å². The number of aromatic nitrogens is 4. The van der Waals surface area contributed by atoms with Crippen LogP contribution in [0, 0.1) is 5.82 Å². The fraction of sp³-hybridized carbons (Fsp3) is 0.368. The predicted octanol–water partition coefficient (Wildman–Crippen LogP) is 0.686. The normalized spacial score (nSPS) is 18.0. The van der Waals surface area contributed by atoms with Gasteiger partial charge in [-0.25, -0.2) is 19.3 Å². The lowest BCUT2D eigenvalue weighted by Crippen LogP contribution is -2.49. The highest BCUT2D eigenvalue weighted by Gasteiger charge is 2.27. The number of carbonyl (C=O) groups excluding carboxylic acids is 1. The lowest BCUT2D eigenvalue weighted by molar-refractivity contribution is -0.143. The number of likely N-dealkylation sites (tertiary alicyclic amines) is 1. The highest BCUT2D eigenvalue weighted by Crippen LogP contribution is 2.20. The molecule has 3 aromatic rings. The molecule has 1 amide bonds. The van der Waals surface area contributed by atoms with Crippen LogP contribution in [0.4, 0.5) is 10.2 Å². The Labute approximate surface area is 165 Å². The monoisotopic (exact) mass is 400 g/mol. The minimum Gasteiger partial charge on any atom is -0.393 e. The smallest absolute Gasteiger partial charge is 0.253 e. The van der Waals surface area contributed by atoms with E-state index in [2.05, 4.69) is 20.3 Å². The number of fused-ring (bicyclic) bond motifs is 1. The lowest BCUT2D eigenvalue weighted by atomic mass is 10.0. The number of rotatable bonds is 5. The first-order chi connectivity index (χ1) is 14.0. The molecule has 10 heteroatoms. The van der Waals surface area contributed by atoms with E-state index in [1.54, 1.807) is 28.9 Å². The predicted molar refractivity (Wildman–Crippen MR) is 102 cm³/mol. The van der Waals surface area contributed by atoms with Crippen LogP contribution in [-0.4, -0.2) is 72.2 Å². The van der Waals surface area contributed by atoms with Crippen LogP contribution in [0.15, 0.2) is 36.8 Å². The van der Waals surface area contributed by atoms with Crippen molar-refractivity contribution < 1.29 is 19.4 Å². The van der Waals surface area contributed by atoms with Gasteiger partial charge in [0.05, 0.1) is 12.8 Å². The summed E-state index contributed by atoms with van der Waals surface area (Å²) in [5.41, 5.74) is 1.15. The topological polar surface area (TPSA) is 116 Å². The minimum absolute atomic E-state index is 0.0547. The molecule has 0 aliphatic carbocycles. The summed E-state index contributed by atoms with van der Waals surface area (Å²) in [5, 5.41) is 21.9. The van der Waals surface area contributed by atoms with E-state index in [-0.39, 0.29) is 11.9 Å². The Bertz CT molecular complexity index is 1030. The number of amides is 1. The van der Waals surface area contributed by atoms with Gasteiger partial charge in [-0.05, 0) is 31.0 Å². The summed E-state index contributed by atoms with van der Waals surface area (Å²) in [7, 11) is 0. The Balaban J connectivity index is 1.52. The molecule has 2 unspecified atom stereocenters. The molecule has 1 aliphatic rings. The number of imidazole rings is 1. The largest absolute Gasteiger partial charge is 0.393 e. The zero-order valence-electron chi connectivity index (χ0n) is 15.6. The fourth-order valence-electron chi connectivity index (χ4n) is 3.48. The molecular formula is C19H21FN6O3. The summed E-state index contributed by atoms with van der Waals surface area (Å²) in [5.74, 6) is 0.106. The average Bonchev–Trinajstić information content (AvgIpc) is 3.16. The van der Waals surface area contributed by atoms with E-state index in [0.29, 0.717) is 36.1 Å². The fourth-order valence-corrected chi connectivity index (χ4v) is 3.48. The van der Waals surface area contributed by atoms with Crippen molar-refractivity contribution in [3.8, 4) is 11.5 Å². The number of hydrogen-bond donors (Lipinski definition) is 3. The molecule has 29 heavy (non-hydrogen) atoms. The second-order valence-corrected chi connectivity index (χ2v) is 6.95. The van der Waals surface area contributed by atoms with Crippen LogP contribution in [0.5, 0.6) is 0 Å². The van der Waals surface area contributed by atoms with Crippen molar-refractivity contribution in [3.63, 3.8) is 0 Å². The Morgan fingerprint density at radius 2 is 2.21 bits per heavy atom. The van der Waals surface area contributed by atoms with Gasteiger partial charge in [0.1, 0.15) is 23.0 Å². The van der Waals surface area contributed by atoms with Crippen LogP contribution < -0.4 is 5.32 Å². The van der Waals surface area contributed by atoms with Crippen LogP contribution in [0.1, 0.15) is 12.8 Å².